The van der Waals surface area contributed by atoms with Gasteiger partial charge in [-0.15, -0.1) is 0 Å². The molecule has 8 heteroatoms. The minimum Gasteiger partial charge on any atom is -0.368 e. The van der Waals surface area contributed by atoms with E-state index in [1.54, 1.807) is 6.07 Å². The zero-order valence-corrected chi connectivity index (χ0v) is 20.6. The number of piperazine rings is 1. The van der Waals surface area contributed by atoms with E-state index < -0.39 is 11.7 Å². The van der Waals surface area contributed by atoms with Crippen molar-refractivity contribution in [2.75, 3.05) is 49.1 Å². The van der Waals surface area contributed by atoms with Crippen LogP contribution in [0.3, 0.4) is 0 Å². The third kappa shape index (κ3) is 4.99. The third-order valence-electron chi connectivity index (χ3n) is 7.23. The molecule has 0 aliphatic carbocycles. The summed E-state index contributed by atoms with van der Waals surface area (Å²) in [7, 11) is 0. The van der Waals surface area contributed by atoms with Gasteiger partial charge in [-0.25, -0.2) is 4.98 Å². The summed E-state index contributed by atoms with van der Waals surface area (Å²) >= 11 is 0. The highest BCUT2D eigenvalue weighted by molar-refractivity contribution is 6.07. The number of carbonyl (C=O) groups excluding carboxylic acids is 1. The maximum Gasteiger partial charge on any atom is 0.416 e. The van der Waals surface area contributed by atoms with Crippen LogP contribution in [0.5, 0.6) is 0 Å². The lowest BCUT2D eigenvalue weighted by molar-refractivity contribution is -0.137. The van der Waals surface area contributed by atoms with Gasteiger partial charge < -0.3 is 14.7 Å². The van der Waals surface area contributed by atoms with Crippen molar-refractivity contribution in [3.05, 3.63) is 65.7 Å². The Morgan fingerprint density at radius 2 is 1.56 bits per heavy atom. The highest BCUT2D eigenvalue weighted by atomic mass is 19.4. The minimum atomic E-state index is -4.36. The van der Waals surface area contributed by atoms with Crippen LogP contribution >= 0.6 is 0 Å². The van der Waals surface area contributed by atoms with Crippen molar-refractivity contribution in [2.24, 2.45) is 11.8 Å². The quantitative estimate of drug-likeness (QED) is 0.467. The Morgan fingerprint density at radius 1 is 0.889 bits per heavy atom. The molecule has 0 saturated carbocycles. The molecule has 1 amide bonds. The summed E-state index contributed by atoms with van der Waals surface area (Å²) in [6.07, 6.45) is -3.23. The molecule has 0 spiro atoms. The van der Waals surface area contributed by atoms with Crippen molar-refractivity contribution < 1.29 is 18.0 Å². The lowest BCUT2D eigenvalue weighted by Gasteiger charge is -2.37. The van der Waals surface area contributed by atoms with E-state index in [-0.39, 0.29) is 5.91 Å². The van der Waals surface area contributed by atoms with Gasteiger partial charge in [-0.05, 0) is 48.6 Å². The van der Waals surface area contributed by atoms with Gasteiger partial charge in [0.25, 0.3) is 5.91 Å². The molecule has 0 radical (unpaired) electrons. The Hall–Kier alpha value is -3.29. The fraction of sp³-hybridized carbons (Fsp3) is 0.429. The lowest BCUT2D eigenvalue weighted by atomic mass is 9.91. The second-order valence-electron chi connectivity index (χ2n) is 10.2. The smallest absolute Gasteiger partial charge is 0.368 e. The minimum absolute atomic E-state index is 0.0378. The first-order valence-electron chi connectivity index (χ1n) is 12.6. The number of halogens is 3. The number of likely N-dealkylation sites (tertiary alicyclic amines) is 1. The SMILES string of the molecule is C[C@@H]1C[C@H](C)CN(C(=O)c2cc(N3CCN(c4cccc(C(F)(F)F)c4)CC3)nc3ccccc23)C1. The van der Waals surface area contributed by atoms with Crippen molar-refractivity contribution in [3.8, 4) is 0 Å². The summed E-state index contributed by atoms with van der Waals surface area (Å²) in [5, 5.41) is 0.847. The normalized spacial score (nSPS) is 21.2. The number of amides is 1. The van der Waals surface area contributed by atoms with Gasteiger partial charge in [0.1, 0.15) is 5.82 Å². The molecule has 2 aliphatic rings. The number of alkyl halides is 3. The van der Waals surface area contributed by atoms with E-state index in [1.165, 1.54) is 12.1 Å². The molecule has 0 bridgehead atoms. The summed E-state index contributed by atoms with van der Waals surface area (Å²) < 4.78 is 39.5. The number of carbonyl (C=O) groups is 1. The summed E-state index contributed by atoms with van der Waals surface area (Å²) in [5.41, 5.74) is 1.37. The van der Waals surface area contributed by atoms with E-state index in [4.69, 9.17) is 4.98 Å². The predicted octanol–water partition coefficient (Wildman–Crippen LogP) is 5.70. The molecular weight excluding hydrogens is 465 g/mol. The standard InChI is InChI=1S/C28H31F3N4O/c1-19-14-20(2)18-35(17-19)27(36)24-16-26(32-25-9-4-3-8-23(24)25)34-12-10-33(11-13-34)22-7-5-6-21(15-22)28(29,30)31/h3-9,15-16,19-20H,10-14,17-18H2,1-2H3/t19-,20+. The Bertz CT molecular complexity index is 1240. The highest BCUT2D eigenvalue weighted by Crippen LogP contribution is 2.33. The molecule has 2 atom stereocenters. The number of nitrogens with zero attached hydrogens (tertiary/aromatic N) is 4. The summed E-state index contributed by atoms with van der Waals surface area (Å²) in [4.78, 5) is 24.6. The molecular formula is C28H31F3N4O. The fourth-order valence-corrected chi connectivity index (χ4v) is 5.57. The van der Waals surface area contributed by atoms with E-state index >= 15 is 0 Å². The van der Waals surface area contributed by atoms with Crippen LogP contribution in [0, 0.1) is 11.8 Å². The molecule has 2 aromatic carbocycles. The van der Waals surface area contributed by atoms with Crippen LogP contribution in [-0.2, 0) is 6.18 Å². The summed E-state index contributed by atoms with van der Waals surface area (Å²) in [6.45, 7) is 8.24. The van der Waals surface area contributed by atoms with E-state index in [2.05, 4.69) is 18.7 Å². The highest BCUT2D eigenvalue weighted by Gasteiger charge is 2.32. The molecule has 2 fully saturated rings. The van der Waals surface area contributed by atoms with Gasteiger partial charge in [-0.3, -0.25) is 4.79 Å². The zero-order valence-electron chi connectivity index (χ0n) is 20.6. The average molecular weight is 497 g/mol. The fourth-order valence-electron chi connectivity index (χ4n) is 5.57. The second-order valence-corrected chi connectivity index (χ2v) is 10.2. The van der Waals surface area contributed by atoms with Crippen molar-refractivity contribution in [1.82, 2.24) is 9.88 Å². The van der Waals surface area contributed by atoms with Gasteiger partial charge >= 0.3 is 6.18 Å². The maximum absolute atomic E-state index is 13.7. The number of piperidine rings is 1. The first-order chi connectivity index (χ1) is 17.2. The molecule has 2 aliphatic heterocycles. The monoisotopic (exact) mass is 496 g/mol. The van der Waals surface area contributed by atoms with Crippen LogP contribution in [0.1, 0.15) is 36.2 Å². The van der Waals surface area contributed by atoms with Crippen LogP contribution in [0.2, 0.25) is 0 Å². The van der Waals surface area contributed by atoms with Crippen molar-refractivity contribution >= 4 is 28.3 Å². The molecule has 0 N–H and O–H groups in total. The van der Waals surface area contributed by atoms with Gasteiger partial charge in [0.15, 0.2) is 0 Å². The largest absolute Gasteiger partial charge is 0.416 e. The van der Waals surface area contributed by atoms with E-state index in [0.29, 0.717) is 49.3 Å². The second kappa shape index (κ2) is 9.64. The molecule has 36 heavy (non-hydrogen) atoms. The van der Waals surface area contributed by atoms with Gasteiger partial charge in [-0.2, -0.15) is 13.2 Å². The first kappa shape index (κ1) is 24.4. The van der Waals surface area contributed by atoms with Crippen LogP contribution < -0.4 is 9.80 Å². The number of pyridine rings is 1. The Kier molecular flexibility index (Phi) is 6.53. The van der Waals surface area contributed by atoms with Crippen LogP contribution in [0.15, 0.2) is 54.6 Å². The number of para-hydroxylation sites is 1. The van der Waals surface area contributed by atoms with Crippen molar-refractivity contribution in [3.63, 3.8) is 0 Å². The van der Waals surface area contributed by atoms with E-state index in [1.807, 2.05) is 40.1 Å². The molecule has 0 unspecified atom stereocenters. The molecule has 2 saturated heterocycles. The topological polar surface area (TPSA) is 39.7 Å². The van der Waals surface area contributed by atoms with Crippen molar-refractivity contribution in [1.29, 1.82) is 0 Å². The molecule has 5 nitrogen and oxygen atoms in total. The first-order valence-corrected chi connectivity index (χ1v) is 12.6. The Labute approximate surface area is 209 Å². The zero-order chi connectivity index (χ0) is 25.4. The van der Waals surface area contributed by atoms with Crippen LogP contribution in [-0.4, -0.2) is 55.1 Å². The van der Waals surface area contributed by atoms with Crippen LogP contribution in [0.4, 0.5) is 24.7 Å². The maximum atomic E-state index is 13.7. The number of hydrogen-bond acceptors (Lipinski definition) is 4. The molecule has 1 aromatic heterocycles. The summed E-state index contributed by atoms with van der Waals surface area (Å²) in [6, 6.07) is 15.1. The van der Waals surface area contributed by atoms with Crippen LogP contribution in [0.25, 0.3) is 10.9 Å². The lowest BCUT2D eigenvalue weighted by Crippen LogP contribution is -2.47. The van der Waals surface area contributed by atoms with E-state index in [0.717, 1.165) is 42.3 Å². The van der Waals surface area contributed by atoms with Gasteiger partial charge in [0.2, 0.25) is 0 Å². The number of anilines is 2. The molecule has 3 aromatic rings. The Balaban J connectivity index is 1.38. The van der Waals surface area contributed by atoms with E-state index in [9.17, 15) is 18.0 Å². The average Bonchev–Trinajstić information content (AvgIpc) is 2.87. The number of aromatic nitrogens is 1. The Morgan fingerprint density at radius 3 is 2.25 bits per heavy atom. The summed E-state index contributed by atoms with van der Waals surface area (Å²) in [5.74, 6) is 1.71. The van der Waals surface area contributed by atoms with Gasteiger partial charge in [-0.1, -0.05) is 38.1 Å². The third-order valence-corrected chi connectivity index (χ3v) is 7.23. The van der Waals surface area contributed by atoms with Gasteiger partial charge in [0.05, 0.1) is 16.6 Å². The number of hydrogen-bond donors (Lipinski definition) is 0. The number of benzene rings is 2. The predicted molar refractivity (Wildman–Crippen MR) is 136 cm³/mol. The molecule has 190 valence electrons. The molecule has 5 rings (SSSR count). The van der Waals surface area contributed by atoms with Gasteiger partial charge in [0, 0.05) is 50.3 Å². The molecule has 3 heterocycles. The number of rotatable bonds is 3. The number of fused-ring (bicyclic) bond motifs is 1. The van der Waals surface area contributed by atoms with Crippen molar-refractivity contribution in [2.45, 2.75) is 26.4 Å².